The Morgan fingerprint density at radius 3 is 2.58 bits per heavy atom. The number of rotatable bonds is 4. The minimum absolute atomic E-state index is 0.419. The van der Waals surface area contributed by atoms with E-state index in [2.05, 4.69) is 70.1 Å². The molecule has 2 rings (SSSR count). The van der Waals surface area contributed by atoms with Crippen molar-refractivity contribution in [2.75, 3.05) is 11.9 Å². The zero-order chi connectivity index (χ0) is 14.0. The van der Waals surface area contributed by atoms with Gasteiger partial charge in [0.15, 0.2) is 0 Å². The molecule has 0 spiro atoms. The maximum atomic E-state index is 4.78. The van der Waals surface area contributed by atoms with Crippen molar-refractivity contribution in [3.05, 3.63) is 32.8 Å². The van der Waals surface area contributed by atoms with Crippen LogP contribution in [0.4, 0.5) is 5.69 Å². The Hall–Kier alpha value is -0.610. The zero-order valence-electron chi connectivity index (χ0n) is 11.4. The van der Waals surface area contributed by atoms with Crippen LogP contribution in [0.15, 0.2) is 27.1 Å². The highest BCUT2D eigenvalue weighted by Crippen LogP contribution is 2.33. The smallest absolute Gasteiger partial charge is 0.0868 e. The van der Waals surface area contributed by atoms with Crippen molar-refractivity contribution < 1.29 is 0 Å². The molecule has 0 aliphatic rings. The molecule has 0 fully saturated rings. The SMILES string of the molecule is CCCNc1cc(C(C)C)nc2c(Br)cc(Br)cc12. The first-order valence-electron chi connectivity index (χ1n) is 6.56. The summed E-state index contributed by atoms with van der Waals surface area (Å²) in [6.45, 7) is 7.49. The standard InChI is InChI=1S/C15H18Br2N2/c1-4-5-18-14-8-13(9(2)3)19-15-11(14)6-10(16)7-12(15)17/h6-9H,4-5H2,1-3H3,(H,18,19). The third-order valence-electron chi connectivity index (χ3n) is 3.01. The highest BCUT2D eigenvalue weighted by molar-refractivity contribution is 9.11. The van der Waals surface area contributed by atoms with Crippen molar-refractivity contribution in [3.8, 4) is 0 Å². The third-order valence-corrected chi connectivity index (χ3v) is 4.07. The van der Waals surface area contributed by atoms with Crippen LogP contribution in [-0.2, 0) is 0 Å². The van der Waals surface area contributed by atoms with Gasteiger partial charge in [0.25, 0.3) is 0 Å². The molecule has 4 heteroatoms. The van der Waals surface area contributed by atoms with Crippen LogP contribution in [0.25, 0.3) is 10.9 Å². The van der Waals surface area contributed by atoms with Gasteiger partial charge in [-0.1, -0.05) is 36.7 Å². The molecule has 1 N–H and O–H groups in total. The summed E-state index contributed by atoms with van der Waals surface area (Å²) in [6, 6.07) is 6.33. The lowest BCUT2D eigenvalue weighted by molar-refractivity contribution is 0.829. The number of aromatic nitrogens is 1. The normalized spacial score (nSPS) is 11.3. The summed E-state index contributed by atoms with van der Waals surface area (Å²) in [6.07, 6.45) is 1.11. The van der Waals surface area contributed by atoms with Crippen LogP contribution in [-0.4, -0.2) is 11.5 Å². The van der Waals surface area contributed by atoms with Gasteiger partial charge < -0.3 is 5.32 Å². The van der Waals surface area contributed by atoms with E-state index in [0.29, 0.717) is 5.92 Å². The maximum absolute atomic E-state index is 4.78. The van der Waals surface area contributed by atoms with Crippen LogP contribution in [0.2, 0.25) is 0 Å². The first kappa shape index (κ1) is 14.8. The highest BCUT2D eigenvalue weighted by atomic mass is 79.9. The molecule has 2 aromatic rings. The van der Waals surface area contributed by atoms with E-state index in [1.165, 1.54) is 0 Å². The second-order valence-electron chi connectivity index (χ2n) is 4.96. The Morgan fingerprint density at radius 1 is 1.21 bits per heavy atom. The van der Waals surface area contributed by atoms with E-state index in [1.54, 1.807) is 0 Å². The van der Waals surface area contributed by atoms with E-state index in [9.17, 15) is 0 Å². The van der Waals surface area contributed by atoms with Crippen molar-refractivity contribution >= 4 is 48.5 Å². The minimum atomic E-state index is 0.419. The summed E-state index contributed by atoms with van der Waals surface area (Å²) < 4.78 is 2.09. The average molecular weight is 386 g/mol. The molecule has 1 aromatic heterocycles. The number of nitrogens with one attached hydrogen (secondary N) is 1. The fraction of sp³-hybridized carbons (Fsp3) is 0.400. The first-order chi connectivity index (χ1) is 9.02. The molecule has 19 heavy (non-hydrogen) atoms. The van der Waals surface area contributed by atoms with E-state index in [1.807, 2.05) is 6.07 Å². The third kappa shape index (κ3) is 3.29. The molecular formula is C15H18Br2N2. The topological polar surface area (TPSA) is 24.9 Å². The number of hydrogen-bond acceptors (Lipinski definition) is 2. The lowest BCUT2D eigenvalue weighted by atomic mass is 10.1. The predicted molar refractivity (Wildman–Crippen MR) is 90.0 cm³/mol. The predicted octanol–water partition coefficient (Wildman–Crippen LogP) is 5.71. The van der Waals surface area contributed by atoms with Gasteiger partial charge in [-0.05, 0) is 46.5 Å². The van der Waals surface area contributed by atoms with Crippen LogP contribution >= 0.6 is 31.9 Å². The van der Waals surface area contributed by atoms with Crippen LogP contribution in [0, 0.1) is 0 Å². The van der Waals surface area contributed by atoms with Gasteiger partial charge in [0.1, 0.15) is 0 Å². The summed E-state index contributed by atoms with van der Waals surface area (Å²) in [5.41, 5.74) is 3.31. The minimum Gasteiger partial charge on any atom is -0.384 e. The Labute approximate surface area is 131 Å². The van der Waals surface area contributed by atoms with Crippen molar-refractivity contribution in [1.82, 2.24) is 4.98 Å². The number of hydrogen-bond donors (Lipinski definition) is 1. The molecule has 1 heterocycles. The molecule has 0 atom stereocenters. The highest BCUT2D eigenvalue weighted by Gasteiger charge is 2.11. The van der Waals surface area contributed by atoms with Crippen LogP contribution < -0.4 is 5.32 Å². The van der Waals surface area contributed by atoms with Gasteiger partial charge in [-0.15, -0.1) is 0 Å². The molecule has 0 aliphatic carbocycles. The average Bonchev–Trinajstić information content (AvgIpc) is 2.35. The summed E-state index contributed by atoms with van der Waals surface area (Å²) in [5.74, 6) is 0.419. The maximum Gasteiger partial charge on any atom is 0.0868 e. The van der Waals surface area contributed by atoms with E-state index in [-0.39, 0.29) is 0 Å². The fourth-order valence-corrected chi connectivity index (χ4v) is 3.29. The fourth-order valence-electron chi connectivity index (χ4n) is 1.97. The van der Waals surface area contributed by atoms with Gasteiger partial charge in [-0.3, -0.25) is 4.98 Å². The molecule has 0 amide bonds. The molecule has 1 aromatic carbocycles. The van der Waals surface area contributed by atoms with Gasteiger partial charge in [0.05, 0.1) is 5.52 Å². The molecule has 0 aliphatic heterocycles. The van der Waals surface area contributed by atoms with Crippen molar-refractivity contribution in [3.63, 3.8) is 0 Å². The zero-order valence-corrected chi connectivity index (χ0v) is 14.6. The number of halogens is 2. The molecule has 0 saturated carbocycles. The van der Waals surface area contributed by atoms with Crippen molar-refractivity contribution in [1.29, 1.82) is 0 Å². The monoisotopic (exact) mass is 384 g/mol. The summed E-state index contributed by atoms with van der Waals surface area (Å²) in [4.78, 5) is 4.78. The van der Waals surface area contributed by atoms with Gasteiger partial charge in [0.2, 0.25) is 0 Å². The summed E-state index contributed by atoms with van der Waals surface area (Å²) in [5, 5.41) is 4.66. The molecule has 102 valence electrons. The number of nitrogens with zero attached hydrogens (tertiary/aromatic N) is 1. The van der Waals surface area contributed by atoms with Crippen LogP contribution in [0.1, 0.15) is 38.8 Å². The van der Waals surface area contributed by atoms with E-state index in [4.69, 9.17) is 4.98 Å². The Balaban J connectivity index is 2.67. The second-order valence-corrected chi connectivity index (χ2v) is 6.73. The lowest BCUT2D eigenvalue weighted by Crippen LogP contribution is -2.03. The number of fused-ring (bicyclic) bond motifs is 1. The Bertz CT molecular complexity index is 594. The van der Waals surface area contributed by atoms with Crippen molar-refractivity contribution in [2.24, 2.45) is 0 Å². The number of pyridine rings is 1. The molecule has 0 bridgehead atoms. The van der Waals surface area contributed by atoms with Gasteiger partial charge in [-0.2, -0.15) is 0 Å². The summed E-state index contributed by atoms with van der Waals surface area (Å²) >= 11 is 7.16. The second kappa shape index (κ2) is 6.23. The lowest BCUT2D eigenvalue weighted by Gasteiger charge is -2.14. The quantitative estimate of drug-likeness (QED) is 0.729. The van der Waals surface area contributed by atoms with Crippen LogP contribution in [0.3, 0.4) is 0 Å². The Morgan fingerprint density at radius 2 is 1.95 bits per heavy atom. The molecule has 0 unspecified atom stereocenters. The van der Waals surface area contributed by atoms with Gasteiger partial charge in [-0.25, -0.2) is 0 Å². The molecule has 0 saturated heterocycles. The Kier molecular flexibility index (Phi) is 4.85. The summed E-state index contributed by atoms with van der Waals surface area (Å²) in [7, 11) is 0. The molecular weight excluding hydrogens is 368 g/mol. The van der Waals surface area contributed by atoms with E-state index < -0.39 is 0 Å². The van der Waals surface area contributed by atoms with Gasteiger partial charge >= 0.3 is 0 Å². The first-order valence-corrected chi connectivity index (χ1v) is 8.15. The molecule has 2 nitrogen and oxygen atoms in total. The van der Waals surface area contributed by atoms with Crippen LogP contribution in [0.5, 0.6) is 0 Å². The van der Waals surface area contributed by atoms with Gasteiger partial charge in [0, 0.05) is 32.3 Å². The number of benzene rings is 1. The number of anilines is 1. The molecule has 0 radical (unpaired) electrons. The van der Waals surface area contributed by atoms with E-state index >= 15 is 0 Å². The largest absolute Gasteiger partial charge is 0.384 e. The van der Waals surface area contributed by atoms with Crippen molar-refractivity contribution in [2.45, 2.75) is 33.1 Å². The van der Waals surface area contributed by atoms with E-state index in [0.717, 1.165) is 44.2 Å².